The van der Waals surface area contributed by atoms with Crippen LogP contribution in [-0.4, -0.2) is 15.9 Å². The summed E-state index contributed by atoms with van der Waals surface area (Å²) in [6.07, 6.45) is 0. The molecule has 3 aromatic rings. The molecule has 8 heteroatoms. The third kappa shape index (κ3) is 3.13. The molecule has 4 N–H and O–H groups in total. The van der Waals surface area contributed by atoms with Crippen LogP contribution in [0.4, 0.5) is 5.13 Å². The zero-order valence-electron chi connectivity index (χ0n) is 13.0. The molecule has 1 unspecified atom stereocenters. The molecule has 0 aliphatic rings. The average Bonchev–Trinajstić information content (AvgIpc) is 2.87. The van der Waals surface area contributed by atoms with E-state index in [1.807, 2.05) is 6.92 Å². The zero-order valence-corrected chi connectivity index (χ0v) is 14.6. The fourth-order valence-corrected chi connectivity index (χ4v) is 3.55. The van der Waals surface area contributed by atoms with Gasteiger partial charge in [0, 0.05) is 21.5 Å². The quantitative estimate of drug-likeness (QED) is 0.663. The Morgan fingerprint density at radius 3 is 2.83 bits per heavy atom. The van der Waals surface area contributed by atoms with Crippen molar-refractivity contribution < 1.29 is 4.79 Å². The lowest BCUT2D eigenvalue weighted by Gasteiger charge is -2.13. The van der Waals surface area contributed by atoms with E-state index in [0.29, 0.717) is 26.3 Å². The van der Waals surface area contributed by atoms with Crippen molar-refractivity contribution in [2.24, 2.45) is 5.73 Å². The molecule has 0 spiro atoms. The number of amides is 1. The number of nitrogens with zero attached hydrogens (tertiary/aromatic N) is 1. The van der Waals surface area contributed by atoms with E-state index < -0.39 is 5.91 Å². The second-order valence-electron chi connectivity index (χ2n) is 5.45. The predicted molar refractivity (Wildman–Crippen MR) is 97.0 cm³/mol. The zero-order chi connectivity index (χ0) is 17.4. The van der Waals surface area contributed by atoms with Crippen molar-refractivity contribution in [3.63, 3.8) is 0 Å². The first-order chi connectivity index (χ1) is 11.3. The monoisotopic (exact) mass is 362 g/mol. The van der Waals surface area contributed by atoms with Gasteiger partial charge in [0.15, 0.2) is 5.13 Å². The molecule has 6 nitrogen and oxygen atoms in total. The highest BCUT2D eigenvalue weighted by Crippen LogP contribution is 2.26. The Bertz CT molecular complexity index is 995. The summed E-state index contributed by atoms with van der Waals surface area (Å²) >= 11 is 7.18. The van der Waals surface area contributed by atoms with Crippen molar-refractivity contribution in [2.75, 3.05) is 5.32 Å². The Hall–Kier alpha value is -2.38. The van der Waals surface area contributed by atoms with E-state index in [1.165, 1.54) is 11.3 Å². The first-order valence-electron chi connectivity index (χ1n) is 7.21. The summed E-state index contributed by atoms with van der Waals surface area (Å²) in [7, 11) is 0. The van der Waals surface area contributed by atoms with Gasteiger partial charge in [-0.3, -0.25) is 9.59 Å². The van der Waals surface area contributed by atoms with Crippen molar-refractivity contribution in [3.05, 3.63) is 55.8 Å². The van der Waals surface area contributed by atoms with Crippen LogP contribution in [0.15, 0.2) is 29.1 Å². The fraction of sp³-hybridized carbons (Fsp3) is 0.188. The molecule has 0 fully saturated rings. The highest BCUT2D eigenvalue weighted by Gasteiger charge is 2.16. The van der Waals surface area contributed by atoms with Crippen LogP contribution in [-0.2, 0) is 0 Å². The van der Waals surface area contributed by atoms with Crippen molar-refractivity contribution in [1.82, 2.24) is 9.97 Å². The molecule has 1 aromatic carbocycles. The molecule has 0 saturated heterocycles. The Morgan fingerprint density at radius 2 is 2.17 bits per heavy atom. The van der Waals surface area contributed by atoms with Gasteiger partial charge in [0.2, 0.25) is 0 Å². The molecule has 0 saturated carbocycles. The summed E-state index contributed by atoms with van der Waals surface area (Å²) in [5.41, 5.74) is 6.97. The molecule has 24 heavy (non-hydrogen) atoms. The van der Waals surface area contributed by atoms with Gasteiger partial charge in [0.25, 0.3) is 11.5 Å². The first-order valence-corrected chi connectivity index (χ1v) is 8.41. The van der Waals surface area contributed by atoms with E-state index >= 15 is 0 Å². The number of aryl methyl sites for hydroxylation is 1. The average molecular weight is 363 g/mol. The summed E-state index contributed by atoms with van der Waals surface area (Å²) in [5, 5.41) is 5.13. The summed E-state index contributed by atoms with van der Waals surface area (Å²) < 4.78 is 0. The van der Waals surface area contributed by atoms with Gasteiger partial charge in [-0.2, -0.15) is 0 Å². The number of nitrogens with two attached hydrogens (primary N) is 1. The van der Waals surface area contributed by atoms with E-state index in [2.05, 4.69) is 15.3 Å². The number of pyridine rings is 1. The lowest BCUT2D eigenvalue weighted by atomic mass is 10.1. The summed E-state index contributed by atoms with van der Waals surface area (Å²) in [5.74, 6) is -0.510. The molecule has 0 aliphatic heterocycles. The largest absolute Gasteiger partial charge is 0.365 e. The van der Waals surface area contributed by atoms with Gasteiger partial charge >= 0.3 is 0 Å². The van der Waals surface area contributed by atoms with E-state index in [4.69, 9.17) is 17.3 Å². The molecule has 3 rings (SSSR count). The smallest absolute Gasteiger partial charge is 0.260 e. The molecular formula is C16H15ClN4O2S. The maximum atomic E-state index is 12.3. The molecule has 124 valence electrons. The van der Waals surface area contributed by atoms with Crippen LogP contribution < -0.4 is 16.6 Å². The number of aromatic nitrogens is 2. The molecular weight excluding hydrogens is 348 g/mol. The number of halogens is 1. The minimum atomic E-state index is -0.510. The number of hydrogen-bond acceptors (Lipinski definition) is 5. The second kappa shape index (κ2) is 6.26. The topological polar surface area (TPSA) is 101 Å². The lowest BCUT2D eigenvalue weighted by molar-refractivity contribution is 0.100. The normalized spacial score (nSPS) is 12.3. The molecule has 0 aliphatic carbocycles. The molecule has 1 atom stereocenters. The number of primary amides is 1. The number of nitrogens with one attached hydrogen (secondary N) is 2. The van der Waals surface area contributed by atoms with Crippen molar-refractivity contribution in [3.8, 4) is 0 Å². The molecule has 0 radical (unpaired) electrons. The van der Waals surface area contributed by atoms with Gasteiger partial charge in [0.1, 0.15) is 4.88 Å². The number of thiazole rings is 1. The van der Waals surface area contributed by atoms with Crippen molar-refractivity contribution in [1.29, 1.82) is 0 Å². The standard InChI is InChI=1S/C16H15ClN4O2S/c1-7(19-16-20-8(2)13(24-16)14(18)22)11-6-9-5-10(17)3-4-12(9)21-15(11)23/h3-7H,1-2H3,(H2,18,22)(H,19,20)(H,21,23). The van der Waals surface area contributed by atoms with E-state index in [9.17, 15) is 9.59 Å². The number of benzene rings is 1. The van der Waals surface area contributed by atoms with Crippen LogP contribution in [0.2, 0.25) is 5.02 Å². The van der Waals surface area contributed by atoms with Crippen LogP contribution in [0, 0.1) is 6.92 Å². The van der Waals surface area contributed by atoms with Gasteiger partial charge in [-0.15, -0.1) is 0 Å². The Kier molecular flexibility index (Phi) is 4.29. The second-order valence-corrected chi connectivity index (χ2v) is 6.88. The fourth-order valence-electron chi connectivity index (χ4n) is 2.47. The van der Waals surface area contributed by atoms with Crippen LogP contribution in [0.3, 0.4) is 0 Å². The number of carbonyl (C=O) groups excluding carboxylic acids is 1. The maximum absolute atomic E-state index is 12.3. The lowest BCUT2D eigenvalue weighted by Crippen LogP contribution is -2.19. The van der Waals surface area contributed by atoms with Crippen LogP contribution >= 0.6 is 22.9 Å². The van der Waals surface area contributed by atoms with Gasteiger partial charge in [0.05, 0.1) is 11.7 Å². The van der Waals surface area contributed by atoms with Gasteiger partial charge in [-0.25, -0.2) is 4.98 Å². The number of aromatic amines is 1. The number of rotatable bonds is 4. The van der Waals surface area contributed by atoms with Crippen molar-refractivity contribution >= 4 is 44.9 Å². The van der Waals surface area contributed by atoms with Crippen LogP contribution in [0.5, 0.6) is 0 Å². The van der Waals surface area contributed by atoms with Gasteiger partial charge < -0.3 is 16.0 Å². The Morgan fingerprint density at radius 1 is 1.42 bits per heavy atom. The maximum Gasteiger partial charge on any atom is 0.260 e. The minimum Gasteiger partial charge on any atom is -0.365 e. The third-order valence-corrected chi connectivity index (χ3v) is 5.00. The minimum absolute atomic E-state index is 0.187. The number of carbonyl (C=O) groups is 1. The summed E-state index contributed by atoms with van der Waals surface area (Å²) in [4.78, 5) is 31.2. The van der Waals surface area contributed by atoms with E-state index in [-0.39, 0.29) is 11.6 Å². The highest BCUT2D eigenvalue weighted by atomic mass is 35.5. The summed E-state index contributed by atoms with van der Waals surface area (Å²) in [6.45, 7) is 3.57. The number of hydrogen-bond donors (Lipinski definition) is 3. The van der Waals surface area contributed by atoms with Gasteiger partial charge in [-0.05, 0) is 38.1 Å². The number of anilines is 1. The van der Waals surface area contributed by atoms with Gasteiger partial charge in [-0.1, -0.05) is 22.9 Å². The summed E-state index contributed by atoms with van der Waals surface area (Å²) in [6, 6.07) is 6.79. The SMILES string of the molecule is Cc1nc(NC(C)c2cc3cc(Cl)ccc3[nH]c2=O)sc1C(N)=O. The number of H-pyrrole nitrogens is 1. The molecule has 0 bridgehead atoms. The third-order valence-electron chi connectivity index (χ3n) is 3.66. The van der Waals surface area contributed by atoms with E-state index in [0.717, 1.165) is 10.9 Å². The molecule has 1 amide bonds. The highest BCUT2D eigenvalue weighted by molar-refractivity contribution is 7.17. The predicted octanol–water partition coefficient (Wildman–Crippen LogP) is 3.22. The van der Waals surface area contributed by atoms with Crippen molar-refractivity contribution in [2.45, 2.75) is 19.9 Å². The molecule has 2 aromatic heterocycles. The Labute approximate surface area is 146 Å². The number of fused-ring (bicyclic) bond motifs is 1. The molecule has 2 heterocycles. The van der Waals surface area contributed by atoms with E-state index in [1.54, 1.807) is 31.2 Å². The van der Waals surface area contributed by atoms with Crippen LogP contribution in [0.25, 0.3) is 10.9 Å². The van der Waals surface area contributed by atoms with Crippen LogP contribution in [0.1, 0.15) is 33.9 Å². The Balaban J connectivity index is 1.95. The first kappa shape index (κ1) is 16.5.